The van der Waals surface area contributed by atoms with Gasteiger partial charge in [0, 0.05) is 42.3 Å². The van der Waals surface area contributed by atoms with Gasteiger partial charge in [-0.25, -0.2) is 0 Å². The Morgan fingerprint density at radius 2 is 1.93 bits per heavy atom. The van der Waals surface area contributed by atoms with Crippen molar-refractivity contribution >= 4 is 28.4 Å². The maximum atomic E-state index is 12.3. The van der Waals surface area contributed by atoms with Crippen molar-refractivity contribution in [3.8, 4) is 11.5 Å². The average Bonchev–Trinajstić information content (AvgIpc) is 2.69. The number of hydrogen-bond donors (Lipinski definition) is 3. The fourth-order valence-corrected chi connectivity index (χ4v) is 2.57. The lowest BCUT2D eigenvalue weighted by Crippen LogP contribution is -2.13. The van der Waals surface area contributed by atoms with Crippen LogP contribution in [0.2, 0.25) is 0 Å². The summed E-state index contributed by atoms with van der Waals surface area (Å²) >= 11 is 0. The van der Waals surface area contributed by atoms with Crippen LogP contribution >= 0.6 is 0 Å². The van der Waals surface area contributed by atoms with Gasteiger partial charge >= 0.3 is 6.55 Å². The molecule has 0 spiro atoms. The lowest BCUT2D eigenvalue weighted by Gasteiger charge is -2.11. The lowest BCUT2D eigenvalue weighted by molar-refractivity contribution is 0.125. The fraction of sp³-hybridized carbons (Fsp3) is 0.100. The quantitative estimate of drug-likeness (QED) is 0.411. The van der Waals surface area contributed by atoms with Gasteiger partial charge in [-0.1, -0.05) is 6.07 Å². The zero-order chi connectivity index (χ0) is 19.2. The number of ether oxygens (including phenoxy) is 1. The van der Waals surface area contributed by atoms with Gasteiger partial charge in [-0.05, 0) is 48.0 Å². The number of allylic oxidation sites excluding steroid dienone is 1. The first kappa shape index (κ1) is 18.3. The maximum absolute atomic E-state index is 12.3. The molecular formula is C20H18F2N4O. The Labute approximate surface area is 155 Å². The number of anilines is 1. The van der Waals surface area contributed by atoms with Crippen LogP contribution in [0, 0.1) is 5.41 Å². The SMILES string of the molecule is CNc1ccc(Oc2ccnc3cc(/C(C=N)=C/NC(F)F)ccc23)cc1. The molecule has 3 N–H and O–H groups in total. The van der Waals surface area contributed by atoms with E-state index < -0.39 is 6.55 Å². The van der Waals surface area contributed by atoms with Gasteiger partial charge in [0.25, 0.3) is 0 Å². The molecule has 2 aromatic carbocycles. The van der Waals surface area contributed by atoms with E-state index in [0.717, 1.165) is 23.5 Å². The first-order valence-electron chi connectivity index (χ1n) is 8.20. The number of nitrogens with zero attached hydrogens (tertiary/aromatic N) is 1. The minimum absolute atomic E-state index is 0.327. The van der Waals surface area contributed by atoms with Gasteiger partial charge in [-0.15, -0.1) is 0 Å². The van der Waals surface area contributed by atoms with Crippen molar-refractivity contribution in [2.24, 2.45) is 0 Å². The molecule has 1 aromatic heterocycles. The summed E-state index contributed by atoms with van der Waals surface area (Å²) in [5, 5.41) is 13.2. The third-order valence-electron chi connectivity index (χ3n) is 3.93. The van der Waals surface area contributed by atoms with Gasteiger partial charge in [0.1, 0.15) is 11.5 Å². The number of rotatable bonds is 7. The standard InChI is InChI=1S/C20H18F2N4O/c1-24-15-3-5-16(6-4-15)27-19-8-9-25-18-10-13(2-7-17(18)19)14(11-23)12-26-20(21)22/h2-12,20,23-24,26H,1H3/b14-12+,23-11?. The number of halogens is 2. The number of nitrogens with one attached hydrogen (secondary N) is 3. The zero-order valence-electron chi connectivity index (χ0n) is 14.5. The highest BCUT2D eigenvalue weighted by molar-refractivity contribution is 6.09. The molecular weight excluding hydrogens is 350 g/mol. The van der Waals surface area contributed by atoms with E-state index in [4.69, 9.17) is 10.1 Å². The second-order valence-electron chi connectivity index (χ2n) is 5.63. The van der Waals surface area contributed by atoms with Gasteiger partial charge in [0.15, 0.2) is 0 Å². The van der Waals surface area contributed by atoms with E-state index >= 15 is 0 Å². The molecule has 0 saturated heterocycles. The first-order valence-corrected chi connectivity index (χ1v) is 8.20. The van der Waals surface area contributed by atoms with Gasteiger partial charge in [0.2, 0.25) is 0 Å². The Balaban J connectivity index is 1.92. The molecule has 3 rings (SSSR count). The second kappa shape index (κ2) is 8.27. The summed E-state index contributed by atoms with van der Waals surface area (Å²) in [7, 11) is 1.84. The van der Waals surface area contributed by atoms with Crippen LogP contribution in [-0.4, -0.2) is 24.8 Å². The largest absolute Gasteiger partial charge is 0.457 e. The molecule has 3 aromatic rings. The summed E-state index contributed by atoms with van der Waals surface area (Å²) in [5.74, 6) is 1.32. The Bertz CT molecular complexity index is 971. The minimum atomic E-state index is -2.69. The Kier molecular flexibility index (Phi) is 5.61. The van der Waals surface area contributed by atoms with E-state index in [0.29, 0.717) is 28.2 Å². The minimum Gasteiger partial charge on any atom is -0.457 e. The number of benzene rings is 2. The van der Waals surface area contributed by atoms with Crippen molar-refractivity contribution in [2.75, 3.05) is 12.4 Å². The molecule has 7 heteroatoms. The van der Waals surface area contributed by atoms with Gasteiger partial charge in [-0.3, -0.25) is 4.98 Å². The third-order valence-corrected chi connectivity index (χ3v) is 3.93. The lowest BCUT2D eigenvalue weighted by atomic mass is 10.0. The number of alkyl halides is 2. The van der Waals surface area contributed by atoms with E-state index in [1.807, 2.05) is 36.6 Å². The number of hydrogen-bond acceptors (Lipinski definition) is 5. The molecule has 0 aliphatic heterocycles. The number of fused-ring (bicyclic) bond motifs is 1. The first-order chi connectivity index (χ1) is 13.1. The van der Waals surface area contributed by atoms with E-state index in [9.17, 15) is 8.78 Å². The Hall–Kier alpha value is -3.48. The Morgan fingerprint density at radius 1 is 1.15 bits per heavy atom. The topological polar surface area (TPSA) is 70.0 Å². The van der Waals surface area contributed by atoms with E-state index in [-0.39, 0.29) is 0 Å². The van der Waals surface area contributed by atoms with Crippen LogP contribution in [-0.2, 0) is 0 Å². The third kappa shape index (κ3) is 4.38. The molecule has 1 heterocycles. The highest BCUT2D eigenvalue weighted by Gasteiger charge is 2.08. The smallest absolute Gasteiger partial charge is 0.312 e. The van der Waals surface area contributed by atoms with Crippen LogP contribution < -0.4 is 15.4 Å². The summed E-state index contributed by atoms with van der Waals surface area (Å²) in [4.78, 5) is 4.32. The summed E-state index contributed by atoms with van der Waals surface area (Å²) in [6, 6.07) is 14.6. The molecule has 0 radical (unpaired) electrons. The molecule has 0 fully saturated rings. The van der Waals surface area contributed by atoms with Crippen LogP contribution in [0.3, 0.4) is 0 Å². The van der Waals surface area contributed by atoms with Crippen molar-refractivity contribution in [2.45, 2.75) is 6.55 Å². The van der Waals surface area contributed by atoms with Crippen LogP contribution in [0.4, 0.5) is 14.5 Å². The monoisotopic (exact) mass is 368 g/mol. The van der Waals surface area contributed by atoms with Crippen molar-refractivity contribution in [1.29, 1.82) is 5.41 Å². The van der Waals surface area contributed by atoms with Crippen molar-refractivity contribution in [3.05, 3.63) is 66.5 Å². The molecule has 138 valence electrons. The number of pyridine rings is 1. The number of aromatic nitrogens is 1. The molecule has 0 saturated carbocycles. The fourth-order valence-electron chi connectivity index (χ4n) is 2.57. The molecule has 0 aliphatic rings. The summed E-state index contributed by atoms with van der Waals surface area (Å²) in [6.45, 7) is -2.69. The molecule has 27 heavy (non-hydrogen) atoms. The predicted octanol–water partition coefficient (Wildman–Crippen LogP) is 4.87. The average molecular weight is 368 g/mol. The zero-order valence-corrected chi connectivity index (χ0v) is 14.5. The summed E-state index contributed by atoms with van der Waals surface area (Å²) in [6.07, 6.45) is 3.75. The highest BCUT2D eigenvalue weighted by Crippen LogP contribution is 2.30. The predicted molar refractivity (Wildman–Crippen MR) is 104 cm³/mol. The maximum Gasteiger partial charge on any atom is 0.312 e. The van der Waals surface area contributed by atoms with Gasteiger partial charge in [-0.2, -0.15) is 8.78 Å². The van der Waals surface area contributed by atoms with E-state index in [2.05, 4.69) is 10.3 Å². The van der Waals surface area contributed by atoms with Crippen molar-refractivity contribution in [3.63, 3.8) is 0 Å². The van der Waals surface area contributed by atoms with Crippen LogP contribution in [0.25, 0.3) is 16.5 Å². The van der Waals surface area contributed by atoms with Crippen LogP contribution in [0.1, 0.15) is 5.56 Å². The molecule has 0 amide bonds. The molecule has 0 bridgehead atoms. The van der Waals surface area contributed by atoms with E-state index in [1.54, 1.807) is 30.5 Å². The summed E-state index contributed by atoms with van der Waals surface area (Å²) in [5.41, 5.74) is 2.55. The van der Waals surface area contributed by atoms with Crippen molar-refractivity contribution in [1.82, 2.24) is 10.3 Å². The Morgan fingerprint density at radius 3 is 2.59 bits per heavy atom. The molecule has 0 aliphatic carbocycles. The van der Waals surface area contributed by atoms with Crippen LogP contribution in [0.5, 0.6) is 11.5 Å². The van der Waals surface area contributed by atoms with Gasteiger partial charge in [0.05, 0.1) is 5.52 Å². The molecule has 0 unspecified atom stereocenters. The highest BCUT2D eigenvalue weighted by atomic mass is 19.3. The molecule has 5 nitrogen and oxygen atoms in total. The van der Waals surface area contributed by atoms with Crippen molar-refractivity contribution < 1.29 is 13.5 Å². The normalized spacial score (nSPS) is 11.5. The van der Waals surface area contributed by atoms with Crippen LogP contribution in [0.15, 0.2) is 60.9 Å². The van der Waals surface area contributed by atoms with Gasteiger partial charge < -0.3 is 20.8 Å². The van der Waals surface area contributed by atoms with E-state index in [1.165, 1.54) is 0 Å². The molecule has 0 atom stereocenters. The second-order valence-corrected chi connectivity index (χ2v) is 5.63. The summed E-state index contributed by atoms with van der Waals surface area (Å²) < 4.78 is 30.6.